The van der Waals surface area contributed by atoms with E-state index in [0.29, 0.717) is 12.1 Å². The number of hydrogen-bond acceptors (Lipinski definition) is 4. The highest BCUT2D eigenvalue weighted by atomic mass is 16.1. The quantitative estimate of drug-likeness (QED) is 0.511. The van der Waals surface area contributed by atoms with E-state index in [1.54, 1.807) is 12.1 Å². The van der Waals surface area contributed by atoms with Crippen molar-refractivity contribution >= 4 is 11.8 Å². The lowest BCUT2D eigenvalue weighted by Crippen LogP contribution is -2.21. The summed E-state index contributed by atoms with van der Waals surface area (Å²) in [5, 5.41) is 0. The number of hydrogen-bond donors (Lipinski definition) is 4. The van der Waals surface area contributed by atoms with Crippen molar-refractivity contribution in [1.82, 2.24) is 0 Å². The summed E-state index contributed by atoms with van der Waals surface area (Å²) in [7, 11) is 0. The first kappa shape index (κ1) is 16.1. The third kappa shape index (κ3) is 4.32. The van der Waals surface area contributed by atoms with Gasteiger partial charge in [-0.25, -0.2) is 0 Å². The van der Waals surface area contributed by atoms with Crippen molar-refractivity contribution in [1.29, 1.82) is 0 Å². The molecule has 1 aromatic rings. The van der Waals surface area contributed by atoms with E-state index in [-0.39, 0.29) is 17.2 Å². The van der Waals surface area contributed by atoms with Crippen LogP contribution in [-0.4, -0.2) is 18.4 Å². The van der Waals surface area contributed by atoms with Crippen molar-refractivity contribution in [2.24, 2.45) is 22.9 Å². The van der Waals surface area contributed by atoms with Crippen LogP contribution in [0.5, 0.6) is 0 Å². The molecule has 0 saturated carbocycles. The van der Waals surface area contributed by atoms with E-state index in [4.69, 9.17) is 22.9 Å². The molecule has 0 aliphatic heterocycles. The molecule has 0 bridgehead atoms. The monoisotopic (exact) mass is 278 g/mol. The summed E-state index contributed by atoms with van der Waals surface area (Å²) >= 11 is 0. The maximum absolute atomic E-state index is 11.5. The number of carbonyl (C=O) groups is 2. The van der Waals surface area contributed by atoms with Gasteiger partial charge in [0, 0.05) is 17.2 Å². The van der Waals surface area contributed by atoms with E-state index in [1.807, 2.05) is 0 Å². The van der Waals surface area contributed by atoms with Crippen molar-refractivity contribution in [2.45, 2.75) is 31.7 Å². The molecule has 6 nitrogen and oxygen atoms in total. The van der Waals surface area contributed by atoms with Crippen LogP contribution in [0.2, 0.25) is 0 Å². The van der Waals surface area contributed by atoms with Gasteiger partial charge in [-0.1, -0.05) is 18.9 Å². The molecule has 1 atom stereocenters. The molecule has 20 heavy (non-hydrogen) atoms. The van der Waals surface area contributed by atoms with Gasteiger partial charge >= 0.3 is 0 Å². The highest BCUT2D eigenvalue weighted by Gasteiger charge is 2.16. The van der Waals surface area contributed by atoms with E-state index in [9.17, 15) is 9.59 Å². The molecule has 1 rings (SSSR count). The summed E-state index contributed by atoms with van der Waals surface area (Å²) in [6.07, 6.45) is 3.61. The Labute approximate surface area is 118 Å². The smallest absolute Gasteiger partial charge is 0.249 e. The average Bonchev–Trinajstić information content (AvgIpc) is 2.42. The van der Waals surface area contributed by atoms with Gasteiger partial charge in [-0.15, -0.1) is 0 Å². The molecule has 0 heterocycles. The summed E-state index contributed by atoms with van der Waals surface area (Å²) in [4.78, 5) is 22.6. The van der Waals surface area contributed by atoms with Crippen LogP contribution in [0, 0.1) is 0 Å². The molecule has 0 saturated heterocycles. The molecule has 0 radical (unpaired) electrons. The fourth-order valence-corrected chi connectivity index (χ4v) is 2.09. The second-order valence-corrected chi connectivity index (χ2v) is 4.78. The average molecular weight is 278 g/mol. The number of carbonyl (C=O) groups excluding carboxylic acids is 2. The van der Waals surface area contributed by atoms with E-state index < -0.39 is 11.8 Å². The van der Waals surface area contributed by atoms with Gasteiger partial charge in [-0.2, -0.15) is 0 Å². The van der Waals surface area contributed by atoms with Gasteiger partial charge in [0.1, 0.15) is 0 Å². The number of nitrogens with two attached hydrogens (primary N) is 4. The lowest BCUT2D eigenvalue weighted by atomic mass is 9.94. The molecule has 0 spiro atoms. The summed E-state index contributed by atoms with van der Waals surface area (Å²) < 4.78 is 0. The van der Waals surface area contributed by atoms with E-state index in [0.717, 1.165) is 25.7 Å². The number of primary amides is 2. The van der Waals surface area contributed by atoms with Crippen molar-refractivity contribution in [3.8, 4) is 0 Å². The first-order valence-electron chi connectivity index (χ1n) is 6.66. The molecule has 0 aromatic heterocycles. The second-order valence-electron chi connectivity index (χ2n) is 4.78. The highest BCUT2D eigenvalue weighted by Crippen LogP contribution is 2.22. The van der Waals surface area contributed by atoms with Crippen molar-refractivity contribution in [3.05, 3.63) is 34.9 Å². The Morgan fingerprint density at radius 1 is 1.05 bits per heavy atom. The third-order valence-electron chi connectivity index (χ3n) is 3.22. The number of benzene rings is 1. The van der Waals surface area contributed by atoms with Crippen LogP contribution in [0.1, 0.15) is 58.0 Å². The van der Waals surface area contributed by atoms with Gasteiger partial charge in [-0.3, -0.25) is 9.59 Å². The normalized spacial score (nSPS) is 12.1. The SMILES string of the molecule is NCCCCCC(N)c1ccc(C(N)=O)cc1C(N)=O. The van der Waals surface area contributed by atoms with Crippen LogP contribution in [0.15, 0.2) is 18.2 Å². The zero-order chi connectivity index (χ0) is 15.1. The standard InChI is InChI=1S/C14H22N4O2/c15-7-3-1-2-4-12(16)10-6-5-9(13(17)19)8-11(10)14(18)20/h5-6,8,12H,1-4,7,15-16H2,(H2,17,19)(H2,18,20). The fourth-order valence-electron chi connectivity index (χ4n) is 2.09. The molecule has 110 valence electrons. The van der Waals surface area contributed by atoms with E-state index >= 15 is 0 Å². The van der Waals surface area contributed by atoms with E-state index in [1.165, 1.54) is 6.07 Å². The predicted octanol–water partition coefficient (Wildman–Crippen LogP) is 0.403. The fraction of sp³-hybridized carbons (Fsp3) is 0.429. The predicted molar refractivity (Wildman–Crippen MR) is 77.9 cm³/mol. The van der Waals surface area contributed by atoms with Crippen LogP contribution >= 0.6 is 0 Å². The maximum Gasteiger partial charge on any atom is 0.249 e. The number of unbranched alkanes of at least 4 members (excludes halogenated alkanes) is 2. The lowest BCUT2D eigenvalue weighted by molar-refractivity contribution is 0.0998. The van der Waals surface area contributed by atoms with Crippen molar-refractivity contribution in [2.75, 3.05) is 6.54 Å². The summed E-state index contributed by atoms with van der Waals surface area (Å²) in [6, 6.07) is 4.31. The Morgan fingerprint density at radius 2 is 1.75 bits per heavy atom. The molecule has 8 N–H and O–H groups in total. The summed E-state index contributed by atoms with van der Waals surface area (Å²) in [5.41, 5.74) is 23.2. The van der Waals surface area contributed by atoms with Gasteiger partial charge in [-0.05, 0) is 37.1 Å². The lowest BCUT2D eigenvalue weighted by Gasteiger charge is -2.15. The molecule has 1 aromatic carbocycles. The van der Waals surface area contributed by atoms with Crippen molar-refractivity contribution in [3.63, 3.8) is 0 Å². The summed E-state index contributed by atoms with van der Waals surface area (Å²) in [6.45, 7) is 0.662. The third-order valence-corrected chi connectivity index (χ3v) is 3.22. The minimum atomic E-state index is -0.611. The Hall–Kier alpha value is -1.92. The van der Waals surface area contributed by atoms with Crippen LogP contribution < -0.4 is 22.9 Å². The van der Waals surface area contributed by atoms with Gasteiger partial charge in [0.15, 0.2) is 0 Å². The van der Waals surface area contributed by atoms with Crippen LogP contribution in [0.25, 0.3) is 0 Å². The first-order valence-corrected chi connectivity index (χ1v) is 6.66. The largest absolute Gasteiger partial charge is 0.366 e. The van der Waals surface area contributed by atoms with Crippen LogP contribution in [0.4, 0.5) is 0 Å². The topological polar surface area (TPSA) is 138 Å². The van der Waals surface area contributed by atoms with Crippen LogP contribution in [0.3, 0.4) is 0 Å². The van der Waals surface area contributed by atoms with Gasteiger partial charge in [0.25, 0.3) is 0 Å². The van der Waals surface area contributed by atoms with Gasteiger partial charge < -0.3 is 22.9 Å². The number of rotatable bonds is 8. The van der Waals surface area contributed by atoms with Gasteiger partial charge in [0.2, 0.25) is 11.8 Å². The highest BCUT2D eigenvalue weighted by molar-refractivity contribution is 5.99. The first-order chi connectivity index (χ1) is 9.47. The second kappa shape index (κ2) is 7.62. The van der Waals surface area contributed by atoms with Gasteiger partial charge in [0.05, 0.1) is 0 Å². The van der Waals surface area contributed by atoms with Crippen LogP contribution in [-0.2, 0) is 0 Å². The maximum atomic E-state index is 11.5. The molecule has 1 unspecified atom stereocenters. The minimum absolute atomic E-state index is 0.248. The molecular weight excluding hydrogens is 256 g/mol. The molecule has 6 heteroatoms. The number of amides is 2. The molecule has 0 aliphatic rings. The molecule has 0 fully saturated rings. The zero-order valence-electron chi connectivity index (χ0n) is 11.5. The molecule has 0 aliphatic carbocycles. The Morgan fingerprint density at radius 3 is 2.30 bits per heavy atom. The van der Waals surface area contributed by atoms with E-state index in [2.05, 4.69) is 0 Å². The molecular formula is C14H22N4O2. The Bertz CT molecular complexity index is 488. The minimum Gasteiger partial charge on any atom is -0.366 e. The summed E-state index contributed by atoms with van der Waals surface area (Å²) in [5.74, 6) is -1.21. The zero-order valence-corrected chi connectivity index (χ0v) is 11.5. The molecule has 2 amide bonds. The van der Waals surface area contributed by atoms with Crippen molar-refractivity contribution < 1.29 is 9.59 Å². The Balaban J connectivity index is 2.87. The Kier molecular flexibility index (Phi) is 6.14.